The van der Waals surface area contributed by atoms with E-state index in [2.05, 4.69) is 0 Å². The van der Waals surface area contributed by atoms with Crippen LogP contribution in [0, 0.1) is 11.3 Å². The molecule has 2 aromatic carbocycles. The summed E-state index contributed by atoms with van der Waals surface area (Å²) in [6.45, 7) is 0.145. The number of hydrogen-bond donors (Lipinski definition) is 1. The van der Waals surface area contributed by atoms with Crippen molar-refractivity contribution < 1.29 is 23.1 Å². The van der Waals surface area contributed by atoms with Gasteiger partial charge in [0.05, 0.1) is 10.3 Å². The zero-order valence-corrected chi connectivity index (χ0v) is 16.1. The molecule has 0 amide bonds. The van der Waals surface area contributed by atoms with Crippen LogP contribution in [0.2, 0.25) is 0 Å². The Morgan fingerprint density at radius 2 is 1.71 bits per heavy atom. The van der Waals surface area contributed by atoms with Crippen molar-refractivity contribution >= 4 is 21.8 Å². The molecule has 1 aliphatic carbocycles. The van der Waals surface area contributed by atoms with E-state index in [1.165, 1.54) is 16.4 Å². The fraction of sp³-hybridized carbons (Fsp3) is 0.333. The second kappa shape index (κ2) is 6.83. The van der Waals surface area contributed by atoms with Crippen LogP contribution in [0.3, 0.4) is 0 Å². The second-order valence-electron chi connectivity index (χ2n) is 7.54. The van der Waals surface area contributed by atoms with Crippen molar-refractivity contribution in [3.05, 3.63) is 65.7 Å². The summed E-state index contributed by atoms with van der Waals surface area (Å²) in [5.41, 5.74) is -0.494. The van der Waals surface area contributed by atoms with Crippen LogP contribution in [0.15, 0.2) is 59.5 Å². The number of carbonyl (C=O) groups excluding carboxylic acids is 1. The third kappa shape index (κ3) is 2.86. The van der Waals surface area contributed by atoms with Crippen molar-refractivity contribution in [3.8, 4) is 0 Å². The minimum Gasteiger partial charge on any atom is -0.481 e. The number of carbonyl (C=O) groups is 2. The van der Waals surface area contributed by atoms with Crippen LogP contribution in [0.1, 0.15) is 35.2 Å². The number of rotatable bonds is 5. The quantitative estimate of drug-likeness (QED) is 0.781. The molecule has 2 fully saturated rings. The molecule has 4 rings (SSSR count). The van der Waals surface area contributed by atoms with E-state index in [4.69, 9.17) is 0 Å². The zero-order valence-electron chi connectivity index (χ0n) is 15.2. The fourth-order valence-corrected chi connectivity index (χ4v) is 6.28. The van der Waals surface area contributed by atoms with E-state index in [9.17, 15) is 23.1 Å². The predicted molar refractivity (Wildman–Crippen MR) is 102 cm³/mol. The Balaban J connectivity index is 1.72. The Hall–Kier alpha value is -2.51. The lowest BCUT2D eigenvalue weighted by molar-refractivity contribution is -0.149. The Kier molecular flexibility index (Phi) is 4.59. The van der Waals surface area contributed by atoms with Crippen molar-refractivity contribution in [2.75, 3.05) is 13.1 Å². The molecule has 2 aliphatic rings. The van der Waals surface area contributed by atoms with Crippen molar-refractivity contribution in [1.82, 2.24) is 4.31 Å². The molecule has 0 bridgehead atoms. The third-order valence-corrected chi connectivity index (χ3v) is 7.92. The Bertz CT molecular complexity index is 1030. The minimum absolute atomic E-state index is 0.0385. The van der Waals surface area contributed by atoms with E-state index in [1.54, 1.807) is 42.5 Å². The highest BCUT2D eigenvalue weighted by molar-refractivity contribution is 7.89. The smallest absolute Gasteiger partial charge is 0.311 e. The molecular formula is C21H21NO5S. The molecule has 0 radical (unpaired) electrons. The molecule has 0 unspecified atom stereocenters. The molecule has 1 aliphatic heterocycles. The number of fused-ring (bicyclic) bond motifs is 1. The maximum atomic E-state index is 13.4. The van der Waals surface area contributed by atoms with Gasteiger partial charge in [-0.3, -0.25) is 9.59 Å². The van der Waals surface area contributed by atoms with Gasteiger partial charge in [0.25, 0.3) is 0 Å². The molecule has 1 heterocycles. The Labute approximate surface area is 163 Å². The number of nitrogens with zero attached hydrogens (tertiary/aromatic N) is 1. The maximum absolute atomic E-state index is 13.4. The van der Waals surface area contributed by atoms with Gasteiger partial charge in [0.2, 0.25) is 10.0 Å². The monoisotopic (exact) mass is 399 g/mol. The van der Waals surface area contributed by atoms with Crippen LogP contribution in [-0.2, 0) is 14.8 Å². The van der Waals surface area contributed by atoms with Gasteiger partial charge < -0.3 is 5.11 Å². The van der Waals surface area contributed by atoms with E-state index < -0.39 is 21.4 Å². The highest BCUT2D eigenvalue weighted by atomic mass is 32.2. The summed E-state index contributed by atoms with van der Waals surface area (Å²) >= 11 is 0. The third-order valence-electron chi connectivity index (χ3n) is 6.05. The number of ketones is 1. The number of carboxylic acids is 1. The van der Waals surface area contributed by atoms with Crippen LogP contribution in [0.4, 0.5) is 0 Å². The molecule has 1 saturated heterocycles. The predicted octanol–water partition coefficient (Wildman–Crippen LogP) is 2.79. The summed E-state index contributed by atoms with van der Waals surface area (Å²) in [5, 5.41) is 9.74. The highest BCUT2D eigenvalue weighted by Gasteiger charge is 2.57. The molecule has 146 valence electrons. The van der Waals surface area contributed by atoms with Crippen molar-refractivity contribution in [1.29, 1.82) is 0 Å². The Morgan fingerprint density at radius 3 is 2.39 bits per heavy atom. The number of benzene rings is 2. The summed E-state index contributed by atoms with van der Waals surface area (Å²) in [6, 6.07) is 14.7. The lowest BCUT2D eigenvalue weighted by Crippen LogP contribution is -2.37. The molecule has 1 N–H and O–H groups in total. The van der Waals surface area contributed by atoms with Gasteiger partial charge >= 0.3 is 5.97 Å². The SMILES string of the molecule is O=C(c1ccccc1)c1ccccc1S(=O)(=O)N1C[C@@H]2CCC[C@@]2(C(=O)O)C1. The van der Waals surface area contributed by atoms with E-state index in [-0.39, 0.29) is 35.2 Å². The van der Waals surface area contributed by atoms with Gasteiger partial charge in [-0.1, -0.05) is 48.9 Å². The molecule has 0 spiro atoms. The van der Waals surface area contributed by atoms with Crippen LogP contribution < -0.4 is 0 Å². The minimum atomic E-state index is -3.99. The topological polar surface area (TPSA) is 91.8 Å². The number of hydrogen-bond acceptors (Lipinski definition) is 4. The molecule has 1 saturated carbocycles. The first-order chi connectivity index (χ1) is 13.4. The molecule has 2 atom stereocenters. The van der Waals surface area contributed by atoms with E-state index in [1.807, 2.05) is 0 Å². The van der Waals surface area contributed by atoms with Gasteiger partial charge in [-0.25, -0.2) is 8.42 Å². The van der Waals surface area contributed by atoms with Gasteiger partial charge in [0.1, 0.15) is 0 Å². The first-order valence-electron chi connectivity index (χ1n) is 9.28. The lowest BCUT2D eigenvalue weighted by atomic mass is 9.81. The molecule has 0 aromatic heterocycles. The number of sulfonamides is 1. The lowest BCUT2D eigenvalue weighted by Gasteiger charge is -2.23. The van der Waals surface area contributed by atoms with Crippen molar-refractivity contribution in [2.45, 2.75) is 24.2 Å². The average molecular weight is 399 g/mol. The second-order valence-corrected chi connectivity index (χ2v) is 9.45. The van der Waals surface area contributed by atoms with Crippen LogP contribution in [0.25, 0.3) is 0 Å². The molecular weight excluding hydrogens is 378 g/mol. The van der Waals surface area contributed by atoms with Gasteiger partial charge in [0.15, 0.2) is 5.78 Å². The van der Waals surface area contributed by atoms with Crippen LogP contribution >= 0.6 is 0 Å². The van der Waals surface area contributed by atoms with Crippen molar-refractivity contribution in [3.63, 3.8) is 0 Å². The first-order valence-corrected chi connectivity index (χ1v) is 10.7. The van der Waals surface area contributed by atoms with E-state index >= 15 is 0 Å². The van der Waals surface area contributed by atoms with E-state index in [0.29, 0.717) is 18.4 Å². The summed E-state index contributed by atoms with van der Waals surface area (Å²) in [5.74, 6) is -1.48. The number of carboxylic acid groups (broad SMARTS) is 1. The van der Waals surface area contributed by atoms with Crippen molar-refractivity contribution in [2.24, 2.45) is 11.3 Å². The molecule has 28 heavy (non-hydrogen) atoms. The normalized spacial score (nSPS) is 24.8. The largest absolute Gasteiger partial charge is 0.481 e. The first kappa shape index (κ1) is 18.8. The summed E-state index contributed by atoms with van der Waals surface area (Å²) in [6.07, 6.45) is 2.00. The summed E-state index contributed by atoms with van der Waals surface area (Å²) in [4.78, 5) is 24.8. The zero-order chi connectivity index (χ0) is 19.9. The Morgan fingerprint density at radius 1 is 1.04 bits per heavy atom. The molecule has 2 aromatic rings. The van der Waals surface area contributed by atoms with Crippen LogP contribution in [0.5, 0.6) is 0 Å². The van der Waals surface area contributed by atoms with Crippen LogP contribution in [-0.4, -0.2) is 42.7 Å². The summed E-state index contributed by atoms with van der Waals surface area (Å²) in [7, 11) is -3.99. The fourth-order valence-electron chi connectivity index (χ4n) is 4.54. The highest BCUT2D eigenvalue weighted by Crippen LogP contribution is 2.50. The number of aliphatic carboxylic acids is 1. The maximum Gasteiger partial charge on any atom is 0.311 e. The van der Waals surface area contributed by atoms with E-state index in [0.717, 1.165) is 6.42 Å². The average Bonchev–Trinajstić information content (AvgIpc) is 3.27. The summed E-state index contributed by atoms with van der Waals surface area (Å²) < 4.78 is 28.0. The van der Waals surface area contributed by atoms with Gasteiger partial charge in [-0.15, -0.1) is 0 Å². The standard InChI is InChI=1S/C21H21NO5S/c23-19(15-7-2-1-3-8-15)17-10-4-5-11-18(17)28(26,27)22-13-16-9-6-12-21(16,14-22)20(24)25/h1-5,7-8,10-11,16H,6,9,12-14H2,(H,24,25)/t16-,21+/m0/s1. The molecule has 6 nitrogen and oxygen atoms in total. The van der Waals surface area contributed by atoms with Gasteiger partial charge in [-0.05, 0) is 30.9 Å². The molecule has 7 heteroatoms. The van der Waals surface area contributed by atoms with Gasteiger partial charge in [-0.2, -0.15) is 4.31 Å². The van der Waals surface area contributed by atoms with Gasteiger partial charge in [0, 0.05) is 24.2 Å².